The van der Waals surface area contributed by atoms with Gasteiger partial charge in [0.05, 0.1) is 0 Å². The zero-order chi connectivity index (χ0) is 4.83. The Morgan fingerprint density at radius 1 is 1.57 bits per heavy atom. The first-order valence-corrected chi connectivity index (χ1v) is 2.21. The Hall–Kier alpha value is 0.324. The van der Waals surface area contributed by atoms with Crippen LogP contribution in [-0.2, 0) is 18.6 Å². The van der Waals surface area contributed by atoms with Crippen molar-refractivity contribution >= 4 is 0 Å². The molecule has 0 aliphatic carbocycles. The van der Waals surface area contributed by atoms with Gasteiger partial charge in [-0.25, -0.2) is 0 Å². The molecule has 0 N–H and O–H groups in total. The molecule has 0 atom stereocenters. The second-order valence-corrected chi connectivity index (χ2v) is 1.21. The molecular weight excluding hydrogens is 123 g/mol. The van der Waals surface area contributed by atoms with Crippen LogP contribution in [0.3, 0.4) is 0 Å². The van der Waals surface area contributed by atoms with Crippen molar-refractivity contribution in [3.05, 3.63) is 19.6 Å². The fourth-order valence-corrected chi connectivity index (χ4v) is 0.250. The summed E-state index contributed by atoms with van der Waals surface area (Å²) in [7, 11) is 0. The molecule has 0 aromatic rings. The van der Waals surface area contributed by atoms with Gasteiger partial charge in [-0.05, 0) is 0 Å². The SMILES string of the molecule is C=[C-]CCC[CH2-].[V+2]. The van der Waals surface area contributed by atoms with Crippen LogP contribution in [0.2, 0.25) is 0 Å². The molecule has 0 spiro atoms. The number of allylic oxidation sites excluding steroid dienone is 1. The van der Waals surface area contributed by atoms with Gasteiger partial charge in [-0.2, -0.15) is 12.8 Å². The first kappa shape index (κ1) is 10.3. The van der Waals surface area contributed by atoms with Gasteiger partial charge >= 0.3 is 18.6 Å². The van der Waals surface area contributed by atoms with E-state index >= 15 is 0 Å². The summed E-state index contributed by atoms with van der Waals surface area (Å²) >= 11 is 0. The Balaban J connectivity index is 0. The summed E-state index contributed by atoms with van der Waals surface area (Å²) in [6, 6.07) is 0. The quantitative estimate of drug-likeness (QED) is 0.408. The molecule has 1 radical (unpaired) electrons. The third-order valence-corrected chi connectivity index (χ3v) is 0.604. The molecule has 0 saturated heterocycles. The van der Waals surface area contributed by atoms with Gasteiger partial charge in [0.1, 0.15) is 0 Å². The van der Waals surface area contributed by atoms with Crippen LogP contribution in [0, 0.1) is 13.0 Å². The van der Waals surface area contributed by atoms with E-state index in [0.717, 1.165) is 19.3 Å². The van der Waals surface area contributed by atoms with Gasteiger partial charge < -0.3 is 13.0 Å². The average molecular weight is 133 g/mol. The number of unbranched alkanes of at least 4 members (excludes halogenated alkanes) is 2. The van der Waals surface area contributed by atoms with Crippen LogP contribution < -0.4 is 0 Å². The van der Waals surface area contributed by atoms with E-state index in [4.69, 9.17) is 0 Å². The standard InChI is InChI=1S/C6H10.V/c1-3-5-6-4-2;/h1-3,5-6H2;/q-2;+2. The Morgan fingerprint density at radius 3 is 2.29 bits per heavy atom. The van der Waals surface area contributed by atoms with Crippen LogP contribution in [-0.4, -0.2) is 0 Å². The molecule has 0 heterocycles. The normalized spacial score (nSPS) is 7.00. The van der Waals surface area contributed by atoms with Crippen LogP contribution in [0.25, 0.3) is 0 Å². The van der Waals surface area contributed by atoms with Crippen LogP contribution in [0.15, 0.2) is 6.58 Å². The summed E-state index contributed by atoms with van der Waals surface area (Å²) < 4.78 is 0. The number of hydrogen-bond donors (Lipinski definition) is 0. The predicted octanol–water partition coefficient (Wildman–Crippen LogP) is 1.98. The van der Waals surface area contributed by atoms with E-state index in [-0.39, 0.29) is 18.6 Å². The molecule has 0 fully saturated rings. The summed E-state index contributed by atoms with van der Waals surface area (Å²) in [4.78, 5) is 0. The maximum Gasteiger partial charge on any atom is 2.00 e. The minimum absolute atomic E-state index is 0. The second-order valence-electron chi connectivity index (χ2n) is 1.21. The second kappa shape index (κ2) is 9.59. The Morgan fingerprint density at radius 2 is 2.14 bits per heavy atom. The smallest absolute Gasteiger partial charge is 0.504 e. The Kier molecular flexibility index (Phi) is 14.2. The molecule has 7 heavy (non-hydrogen) atoms. The van der Waals surface area contributed by atoms with Gasteiger partial charge in [0.15, 0.2) is 0 Å². The van der Waals surface area contributed by atoms with Crippen molar-refractivity contribution in [2.75, 3.05) is 0 Å². The van der Waals surface area contributed by atoms with Crippen molar-refractivity contribution in [1.29, 1.82) is 0 Å². The van der Waals surface area contributed by atoms with E-state index in [2.05, 4.69) is 19.6 Å². The van der Waals surface area contributed by atoms with E-state index in [1.165, 1.54) is 0 Å². The first-order valence-electron chi connectivity index (χ1n) is 2.21. The molecule has 0 unspecified atom stereocenters. The molecule has 0 aliphatic heterocycles. The van der Waals surface area contributed by atoms with Crippen molar-refractivity contribution < 1.29 is 18.6 Å². The van der Waals surface area contributed by atoms with E-state index < -0.39 is 0 Å². The Bertz CT molecular complexity index is 33.2. The number of rotatable bonds is 3. The maximum absolute atomic E-state index is 3.66. The van der Waals surface area contributed by atoms with Crippen LogP contribution in [0.5, 0.6) is 0 Å². The monoisotopic (exact) mass is 133 g/mol. The average Bonchev–Trinajstić information content (AvgIpc) is 1.61. The van der Waals surface area contributed by atoms with E-state index in [9.17, 15) is 0 Å². The van der Waals surface area contributed by atoms with Gasteiger partial charge in [-0.1, -0.05) is 0 Å². The third kappa shape index (κ3) is 10.7. The van der Waals surface area contributed by atoms with Crippen molar-refractivity contribution in [3.8, 4) is 0 Å². The minimum Gasteiger partial charge on any atom is -0.504 e. The van der Waals surface area contributed by atoms with Crippen LogP contribution in [0.4, 0.5) is 0 Å². The summed E-state index contributed by atoms with van der Waals surface area (Å²) in [5.41, 5.74) is 0. The first-order chi connectivity index (χ1) is 2.91. The van der Waals surface area contributed by atoms with E-state index in [0.29, 0.717) is 0 Å². The van der Waals surface area contributed by atoms with E-state index in [1.54, 1.807) is 0 Å². The maximum atomic E-state index is 3.66. The van der Waals surface area contributed by atoms with Gasteiger partial charge in [0, 0.05) is 0 Å². The molecule has 0 nitrogen and oxygen atoms in total. The largest absolute Gasteiger partial charge is 2.00 e. The van der Waals surface area contributed by atoms with Gasteiger partial charge in [-0.3, -0.25) is 6.58 Å². The summed E-state index contributed by atoms with van der Waals surface area (Å²) in [5, 5.41) is 0. The molecule has 1 heteroatoms. The molecule has 39 valence electrons. The number of hydrogen-bond acceptors (Lipinski definition) is 0. The Labute approximate surface area is 57.9 Å². The predicted molar refractivity (Wildman–Crippen MR) is 28.1 cm³/mol. The molecule has 0 aliphatic rings. The van der Waals surface area contributed by atoms with Gasteiger partial charge in [0.2, 0.25) is 0 Å². The zero-order valence-corrected chi connectivity index (χ0v) is 5.88. The molecule has 0 saturated carbocycles. The molecular formula is C6H10V. The van der Waals surface area contributed by atoms with Gasteiger partial charge in [-0.15, -0.1) is 6.42 Å². The third-order valence-electron chi connectivity index (χ3n) is 0.604. The summed E-state index contributed by atoms with van der Waals surface area (Å²) in [5.74, 6) is 0. The molecule has 0 rings (SSSR count). The fraction of sp³-hybridized carbons (Fsp3) is 0.500. The molecule has 0 aromatic heterocycles. The van der Waals surface area contributed by atoms with Crippen molar-refractivity contribution in [2.24, 2.45) is 0 Å². The minimum atomic E-state index is 0. The topological polar surface area (TPSA) is 0 Å². The van der Waals surface area contributed by atoms with Crippen molar-refractivity contribution in [1.82, 2.24) is 0 Å². The molecule has 0 amide bonds. The summed E-state index contributed by atoms with van der Waals surface area (Å²) in [6.07, 6.45) is 5.90. The summed E-state index contributed by atoms with van der Waals surface area (Å²) in [6.45, 7) is 7.10. The fourth-order valence-electron chi connectivity index (χ4n) is 0.250. The van der Waals surface area contributed by atoms with Crippen molar-refractivity contribution in [2.45, 2.75) is 19.3 Å². The van der Waals surface area contributed by atoms with Crippen LogP contribution in [0.1, 0.15) is 19.3 Å². The zero-order valence-electron chi connectivity index (χ0n) is 4.48. The van der Waals surface area contributed by atoms with E-state index in [1.807, 2.05) is 0 Å². The van der Waals surface area contributed by atoms with Crippen molar-refractivity contribution in [3.63, 3.8) is 0 Å². The van der Waals surface area contributed by atoms with Crippen LogP contribution >= 0.6 is 0 Å². The molecule has 0 aromatic carbocycles. The van der Waals surface area contributed by atoms with Gasteiger partial charge in [0.25, 0.3) is 0 Å². The molecule has 0 bridgehead atoms.